The van der Waals surface area contributed by atoms with Crippen LogP contribution in [0.5, 0.6) is 11.5 Å². The summed E-state index contributed by atoms with van der Waals surface area (Å²) in [6.45, 7) is 1.93. The summed E-state index contributed by atoms with van der Waals surface area (Å²) in [7, 11) is -4.61. The van der Waals surface area contributed by atoms with Crippen molar-refractivity contribution < 1.29 is 52.7 Å². The normalized spacial score (nSPS) is 11.6. The van der Waals surface area contributed by atoms with Crippen LogP contribution in [0.1, 0.15) is 5.56 Å². The second-order valence-corrected chi connectivity index (χ2v) is 10.0. The van der Waals surface area contributed by atoms with Crippen molar-refractivity contribution in [2.45, 2.75) is 11.8 Å². The summed E-state index contributed by atoms with van der Waals surface area (Å²) in [5.41, 5.74) is 1.60. The molecule has 0 atom stereocenters. The monoisotopic (exact) mass is 573 g/mol. The average Bonchev–Trinajstić information content (AvgIpc) is 2.79. The van der Waals surface area contributed by atoms with Crippen LogP contribution in [0.2, 0.25) is 15.1 Å². The first-order chi connectivity index (χ1) is 16.5. The molecule has 3 N–H and O–H groups in total. The summed E-state index contributed by atoms with van der Waals surface area (Å²) < 4.78 is 33.6. The molecule has 8 nitrogen and oxygen atoms in total. The molecule has 13 heteroatoms. The number of fused-ring (bicyclic) bond motifs is 1. The number of halogens is 3. The van der Waals surface area contributed by atoms with E-state index < -0.39 is 26.5 Å². The number of benzene rings is 4. The minimum absolute atomic E-state index is 0. The van der Waals surface area contributed by atoms with E-state index >= 15 is 0 Å². The van der Waals surface area contributed by atoms with Crippen LogP contribution >= 0.6 is 34.8 Å². The number of hydrogen-bond donors (Lipinski definition) is 3. The molecule has 4 aromatic rings. The molecule has 0 spiro atoms. The van der Waals surface area contributed by atoms with Gasteiger partial charge in [0.05, 0.1) is 26.8 Å². The Balaban J connectivity index is 0.00000361. The van der Waals surface area contributed by atoms with Crippen LogP contribution < -0.4 is 40.0 Å². The van der Waals surface area contributed by atoms with Gasteiger partial charge in [-0.3, -0.25) is 4.55 Å². The first kappa shape index (κ1) is 28.5. The fourth-order valence-corrected chi connectivity index (χ4v) is 4.67. The van der Waals surface area contributed by atoms with Gasteiger partial charge in [-0.05, 0) is 43.3 Å². The van der Waals surface area contributed by atoms with Gasteiger partial charge in [-0.15, -0.1) is 10.2 Å². The fraction of sp³-hybridized carbons (Fsp3) is 0.0435. The number of rotatable bonds is 5. The minimum Gasteiger partial charge on any atom is -0.870 e. The maximum absolute atomic E-state index is 12.3. The number of aromatic hydroxyl groups is 1. The molecule has 0 saturated heterocycles. The maximum Gasteiger partial charge on any atom is 1.00 e. The van der Waals surface area contributed by atoms with Gasteiger partial charge in [-0.2, -0.15) is 8.42 Å². The molecule has 0 aromatic heterocycles. The Hall–Kier alpha value is -2.08. The van der Waals surface area contributed by atoms with E-state index in [0.717, 1.165) is 5.56 Å². The van der Waals surface area contributed by atoms with Gasteiger partial charge in [0, 0.05) is 16.1 Å². The summed E-state index contributed by atoms with van der Waals surface area (Å²) >= 11 is 17.9. The zero-order valence-corrected chi connectivity index (χ0v) is 23.8. The minimum atomic E-state index is -4.61. The van der Waals surface area contributed by atoms with Crippen LogP contribution in [-0.4, -0.2) is 18.1 Å². The van der Waals surface area contributed by atoms with Gasteiger partial charge in [0.15, 0.2) is 5.75 Å². The van der Waals surface area contributed by atoms with Gasteiger partial charge in [-0.25, -0.2) is 0 Å². The van der Waals surface area contributed by atoms with E-state index in [2.05, 4.69) is 15.5 Å². The first-order valence-electron chi connectivity index (χ1n) is 9.83. The molecule has 0 fully saturated rings. The van der Waals surface area contributed by atoms with Crippen molar-refractivity contribution in [2.24, 2.45) is 10.2 Å². The molecule has 36 heavy (non-hydrogen) atoms. The van der Waals surface area contributed by atoms with Crippen LogP contribution in [0, 0.1) is 6.92 Å². The molecule has 4 aromatic carbocycles. The quantitative estimate of drug-likeness (QED) is 0.141. The van der Waals surface area contributed by atoms with E-state index in [1.807, 2.05) is 19.1 Å². The van der Waals surface area contributed by atoms with Gasteiger partial charge in [0.1, 0.15) is 10.6 Å². The third kappa shape index (κ3) is 5.74. The van der Waals surface area contributed by atoms with Gasteiger partial charge in [0.2, 0.25) is 0 Å². The Morgan fingerprint density at radius 3 is 2.25 bits per heavy atom. The Labute approximate surface area is 243 Å². The molecule has 180 valence electrons. The Morgan fingerprint density at radius 1 is 0.944 bits per heavy atom. The number of hydrogen-bond acceptors (Lipinski definition) is 7. The second kappa shape index (κ2) is 11.1. The molecule has 0 bridgehead atoms. The van der Waals surface area contributed by atoms with Crippen LogP contribution in [0.25, 0.3) is 10.8 Å². The predicted octanol–water partition coefficient (Wildman–Crippen LogP) is 4.30. The topological polar surface area (TPSA) is 134 Å². The maximum atomic E-state index is 12.3. The van der Waals surface area contributed by atoms with Crippen LogP contribution in [-0.2, 0) is 10.1 Å². The average molecular weight is 575 g/mol. The zero-order chi connectivity index (χ0) is 25.5. The molecule has 0 amide bonds. The molecule has 0 radical (unpaired) electrons. The summed E-state index contributed by atoms with van der Waals surface area (Å²) in [5.74, 6) is -1.16. The van der Waals surface area contributed by atoms with Crippen LogP contribution in [0.15, 0.2) is 69.7 Å². The number of aryl methyl sites for hydroxylation is 1. The first-order valence-corrected chi connectivity index (χ1v) is 12.4. The van der Waals surface area contributed by atoms with Gasteiger partial charge >= 0.3 is 29.6 Å². The number of nitrogens with zero attached hydrogens (tertiary/aromatic N) is 2. The number of phenolic OH excluding ortho intramolecular Hbond substituents is 1. The predicted molar refractivity (Wildman–Crippen MR) is 135 cm³/mol. The molecule has 0 aliphatic carbocycles. The summed E-state index contributed by atoms with van der Waals surface area (Å²) in [5, 5.41) is 33.9. The van der Waals surface area contributed by atoms with Crippen LogP contribution in [0.4, 0.5) is 22.7 Å². The fourth-order valence-electron chi connectivity index (χ4n) is 3.35. The number of phenols is 1. The number of azo groups is 1. The molecule has 0 saturated carbocycles. The molecular formula is C23H15Cl3N3NaO5S. The summed E-state index contributed by atoms with van der Waals surface area (Å²) in [4.78, 5) is -0.410. The summed E-state index contributed by atoms with van der Waals surface area (Å²) in [6.07, 6.45) is 0. The molecule has 0 aliphatic rings. The third-order valence-corrected chi connectivity index (χ3v) is 7.03. The van der Waals surface area contributed by atoms with E-state index in [-0.39, 0.29) is 66.8 Å². The van der Waals surface area contributed by atoms with E-state index in [0.29, 0.717) is 11.4 Å². The van der Waals surface area contributed by atoms with Gasteiger partial charge in [0.25, 0.3) is 10.1 Å². The molecule has 0 aliphatic heterocycles. The Bertz CT molecular complexity index is 1590. The van der Waals surface area contributed by atoms with Crippen molar-refractivity contribution in [1.82, 2.24) is 0 Å². The van der Waals surface area contributed by atoms with Crippen molar-refractivity contribution in [2.75, 3.05) is 5.32 Å². The Morgan fingerprint density at radius 2 is 1.61 bits per heavy atom. The van der Waals surface area contributed by atoms with Crippen molar-refractivity contribution in [3.05, 3.63) is 75.2 Å². The zero-order valence-electron chi connectivity index (χ0n) is 18.8. The molecule has 0 heterocycles. The standard InChI is InChI=1S/C23H16Cl3N3O5S.Na/c1-11-2-4-12(5-3-11)27-16-8-9-18(35(32,33)34)13-6-7-17(23(31)19(13)16)28-29-21-20(26)14(24)10-15(25)22(21)30;/h2-10,27,30-31H,1H3,(H,32,33,34);/q;+1/p-1. The van der Waals surface area contributed by atoms with Crippen molar-refractivity contribution in [1.29, 1.82) is 0 Å². The molecule has 0 unspecified atom stereocenters. The van der Waals surface area contributed by atoms with Crippen LogP contribution in [0.3, 0.4) is 0 Å². The largest absolute Gasteiger partial charge is 1.00 e. The SMILES string of the molecule is Cc1ccc(Nc2ccc(S(=O)(=O)O)c3ccc(N=Nc4c([O-])c(Cl)cc(Cl)c4Cl)c(O)c23)cc1.[Na+]. The summed E-state index contributed by atoms with van der Waals surface area (Å²) in [6, 6.07) is 13.8. The van der Waals surface area contributed by atoms with E-state index in [9.17, 15) is 23.2 Å². The van der Waals surface area contributed by atoms with Crippen molar-refractivity contribution in [3.8, 4) is 11.5 Å². The van der Waals surface area contributed by atoms with E-state index in [4.69, 9.17) is 34.8 Å². The van der Waals surface area contributed by atoms with Gasteiger partial charge in [-0.1, -0.05) is 64.3 Å². The van der Waals surface area contributed by atoms with Crippen molar-refractivity contribution >= 4 is 78.4 Å². The molecule has 4 rings (SSSR count). The third-order valence-electron chi connectivity index (χ3n) is 5.06. The Kier molecular flexibility index (Phi) is 8.80. The van der Waals surface area contributed by atoms with E-state index in [1.54, 1.807) is 12.1 Å². The number of anilines is 2. The smallest absolute Gasteiger partial charge is 0.870 e. The molecular weight excluding hydrogens is 560 g/mol. The van der Waals surface area contributed by atoms with Gasteiger partial charge < -0.3 is 15.5 Å². The van der Waals surface area contributed by atoms with Crippen molar-refractivity contribution in [3.63, 3.8) is 0 Å². The second-order valence-electron chi connectivity index (χ2n) is 7.47. The van der Waals surface area contributed by atoms with E-state index in [1.165, 1.54) is 30.3 Å². The number of nitrogens with one attached hydrogen (secondary N) is 1.